The lowest BCUT2D eigenvalue weighted by Crippen LogP contribution is -2.36. The van der Waals surface area contributed by atoms with E-state index in [1.54, 1.807) is 35.2 Å². The van der Waals surface area contributed by atoms with E-state index in [1.807, 2.05) is 24.3 Å². The van der Waals surface area contributed by atoms with Gasteiger partial charge < -0.3 is 10.2 Å². The molecule has 0 unspecified atom stereocenters. The normalized spacial score (nSPS) is 12.6. The lowest BCUT2D eigenvalue weighted by Gasteiger charge is -2.29. The minimum Gasteiger partial charge on any atom is -0.334 e. The number of anilines is 1. The molecular weight excluding hydrogens is 364 g/mol. The molecule has 29 heavy (non-hydrogen) atoms. The van der Waals surface area contributed by atoms with Crippen LogP contribution < -0.4 is 5.32 Å². The first kappa shape index (κ1) is 18.4. The van der Waals surface area contributed by atoms with E-state index < -0.39 is 5.91 Å². The van der Waals surface area contributed by atoms with Crippen LogP contribution >= 0.6 is 0 Å². The van der Waals surface area contributed by atoms with E-state index in [-0.39, 0.29) is 11.6 Å². The Morgan fingerprint density at radius 2 is 1.79 bits per heavy atom. The van der Waals surface area contributed by atoms with Crippen LogP contribution in [-0.4, -0.2) is 28.2 Å². The van der Waals surface area contributed by atoms with Crippen molar-refractivity contribution in [2.45, 2.75) is 13.0 Å². The molecule has 6 heteroatoms. The molecule has 0 radical (unpaired) electrons. The van der Waals surface area contributed by atoms with Crippen molar-refractivity contribution in [3.63, 3.8) is 0 Å². The van der Waals surface area contributed by atoms with Crippen LogP contribution in [0.1, 0.15) is 37.5 Å². The second-order valence-corrected chi connectivity index (χ2v) is 6.79. The third kappa shape index (κ3) is 3.85. The number of nitriles is 1. The quantitative estimate of drug-likeness (QED) is 0.752. The Labute approximate surface area is 168 Å². The number of amides is 2. The fourth-order valence-corrected chi connectivity index (χ4v) is 3.42. The minimum absolute atomic E-state index is 0.126. The molecule has 3 aromatic rings. The van der Waals surface area contributed by atoms with Crippen LogP contribution in [0.25, 0.3) is 0 Å². The van der Waals surface area contributed by atoms with Crippen molar-refractivity contribution in [2.24, 2.45) is 0 Å². The van der Waals surface area contributed by atoms with Crippen molar-refractivity contribution in [3.05, 3.63) is 94.8 Å². The number of rotatable bonds is 3. The number of carbonyl (C=O) groups excluding carboxylic acids is 2. The number of para-hydroxylation sites is 1. The van der Waals surface area contributed by atoms with Crippen molar-refractivity contribution < 1.29 is 9.59 Å². The second kappa shape index (κ2) is 7.95. The molecule has 2 amide bonds. The summed E-state index contributed by atoms with van der Waals surface area (Å²) in [5.74, 6) is -0.597. The summed E-state index contributed by atoms with van der Waals surface area (Å²) in [7, 11) is 0. The molecule has 142 valence electrons. The highest BCUT2D eigenvalue weighted by Crippen LogP contribution is 2.21. The van der Waals surface area contributed by atoms with Gasteiger partial charge in [0, 0.05) is 24.8 Å². The first-order chi connectivity index (χ1) is 14.2. The smallest absolute Gasteiger partial charge is 0.274 e. The third-order valence-electron chi connectivity index (χ3n) is 4.95. The number of carbonyl (C=O) groups is 2. The summed E-state index contributed by atoms with van der Waals surface area (Å²) in [6.07, 6.45) is 2.27. The van der Waals surface area contributed by atoms with Crippen LogP contribution in [0.15, 0.2) is 66.9 Å². The molecule has 0 saturated heterocycles. The first-order valence-electron chi connectivity index (χ1n) is 9.28. The SMILES string of the molecule is N#Cc1ccccc1NC(=O)c1cc(C(=O)N2CCc3ccccc3C2)ccn1. The Morgan fingerprint density at radius 3 is 2.62 bits per heavy atom. The van der Waals surface area contributed by atoms with Crippen molar-refractivity contribution in [3.8, 4) is 6.07 Å². The molecule has 0 fully saturated rings. The molecule has 1 aromatic heterocycles. The topological polar surface area (TPSA) is 86.1 Å². The number of pyridine rings is 1. The summed E-state index contributed by atoms with van der Waals surface area (Å²) in [4.78, 5) is 31.4. The Morgan fingerprint density at radius 1 is 1.03 bits per heavy atom. The average molecular weight is 382 g/mol. The highest BCUT2D eigenvalue weighted by Gasteiger charge is 2.22. The Balaban J connectivity index is 1.52. The highest BCUT2D eigenvalue weighted by atomic mass is 16.2. The van der Waals surface area contributed by atoms with E-state index in [1.165, 1.54) is 17.8 Å². The molecule has 0 spiro atoms. The number of fused-ring (bicyclic) bond motifs is 1. The zero-order chi connectivity index (χ0) is 20.2. The van der Waals surface area contributed by atoms with E-state index in [9.17, 15) is 9.59 Å². The summed E-state index contributed by atoms with van der Waals surface area (Å²) in [6.45, 7) is 1.18. The van der Waals surface area contributed by atoms with Crippen molar-refractivity contribution in [1.82, 2.24) is 9.88 Å². The molecule has 6 nitrogen and oxygen atoms in total. The maximum atomic E-state index is 13.0. The molecule has 2 aromatic carbocycles. The summed E-state index contributed by atoms with van der Waals surface area (Å²) in [6, 6.07) is 20.0. The van der Waals surface area contributed by atoms with E-state index in [4.69, 9.17) is 5.26 Å². The maximum Gasteiger partial charge on any atom is 0.274 e. The van der Waals surface area contributed by atoms with Gasteiger partial charge in [-0.05, 0) is 41.8 Å². The molecule has 1 aliphatic heterocycles. The van der Waals surface area contributed by atoms with Gasteiger partial charge in [0.05, 0.1) is 11.3 Å². The Bertz CT molecular complexity index is 1130. The number of benzene rings is 2. The number of hydrogen-bond acceptors (Lipinski definition) is 4. The number of hydrogen-bond donors (Lipinski definition) is 1. The summed E-state index contributed by atoms with van der Waals surface area (Å²) >= 11 is 0. The average Bonchev–Trinajstić information content (AvgIpc) is 2.78. The first-order valence-corrected chi connectivity index (χ1v) is 9.28. The van der Waals surface area contributed by atoms with Crippen LogP contribution in [0.3, 0.4) is 0 Å². The molecule has 4 rings (SSSR count). The van der Waals surface area contributed by atoms with E-state index >= 15 is 0 Å². The van der Waals surface area contributed by atoms with Crippen molar-refractivity contribution in [1.29, 1.82) is 5.26 Å². The van der Waals surface area contributed by atoms with E-state index in [0.717, 1.165) is 12.0 Å². The van der Waals surface area contributed by atoms with Crippen LogP contribution in [0.2, 0.25) is 0 Å². The number of nitrogens with zero attached hydrogens (tertiary/aromatic N) is 3. The Hall–Kier alpha value is -3.98. The van der Waals surface area contributed by atoms with Gasteiger partial charge in [0.2, 0.25) is 0 Å². The molecule has 0 atom stereocenters. The van der Waals surface area contributed by atoms with Crippen LogP contribution in [0, 0.1) is 11.3 Å². The fraction of sp³-hybridized carbons (Fsp3) is 0.130. The van der Waals surface area contributed by atoms with Crippen LogP contribution in [-0.2, 0) is 13.0 Å². The van der Waals surface area contributed by atoms with E-state index in [0.29, 0.717) is 29.9 Å². The lowest BCUT2D eigenvalue weighted by atomic mass is 9.99. The van der Waals surface area contributed by atoms with Gasteiger partial charge in [-0.2, -0.15) is 5.26 Å². The zero-order valence-corrected chi connectivity index (χ0v) is 15.6. The van der Waals surface area contributed by atoms with E-state index in [2.05, 4.69) is 16.4 Å². The largest absolute Gasteiger partial charge is 0.334 e. The van der Waals surface area contributed by atoms with Crippen molar-refractivity contribution >= 4 is 17.5 Å². The number of aromatic nitrogens is 1. The molecular formula is C23H18N4O2. The predicted octanol–water partition coefficient (Wildman–Crippen LogP) is 3.40. The summed E-state index contributed by atoms with van der Waals surface area (Å²) < 4.78 is 0. The fourth-order valence-electron chi connectivity index (χ4n) is 3.42. The molecule has 1 aliphatic rings. The lowest BCUT2D eigenvalue weighted by molar-refractivity contribution is 0.0734. The van der Waals surface area contributed by atoms with Gasteiger partial charge in [-0.1, -0.05) is 36.4 Å². The summed E-state index contributed by atoms with van der Waals surface area (Å²) in [5.41, 5.74) is 3.72. The van der Waals surface area contributed by atoms with Gasteiger partial charge in [0.1, 0.15) is 11.8 Å². The number of nitrogens with one attached hydrogen (secondary N) is 1. The maximum absolute atomic E-state index is 13.0. The zero-order valence-electron chi connectivity index (χ0n) is 15.6. The highest BCUT2D eigenvalue weighted by molar-refractivity contribution is 6.05. The third-order valence-corrected chi connectivity index (χ3v) is 4.95. The van der Waals surface area contributed by atoms with Crippen LogP contribution in [0.4, 0.5) is 5.69 Å². The van der Waals surface area contributed by atoms with Gasteiger partial charge in [-0.3, -0.25) is 14.6 Å². The molecule has 0 aliphatic carbocycles. The standard InChI is InChI=1S/C23H18N4O2/c24-14-18-6-3-4-8-20(18)26-22(28)21-13-17(9-11-25-21)23(29)27-12-10-16-5-1-2-7-19(16)15-27/h1-9,11,13H,10,12,15H2,(H,26,28). The molecule has 0 saturated carbocycles. The summed E-state index contributed by atoms with van der Waals surface area (Å²) in [5, 5.41) is 11.9. The van der Waals surface area contributed by atoms with Crippen molar-refractivity contribution in [2.75, 3.05) is 11.9 Å². The van der Waals surface area contributed by atoms with Gasteiger partial charge in [0.15, 0.2) is 0 Å². The van der Waals surface area contributed by atoms with Gasteiger partial charge in [-0.15, -0.1) is 0 Å². The minimum atomic E-state index is -0.466. The Kier molecular flexibility index (Phi) is 5.04. The molecule has 0 bridgehead atoms. The molecule has 1 N–H and O–H groups in total. The van der Waals surface area contributed by atoms with Gasteiger partial charge in [-0.25, -0.2) is 0 Å². The predicted molar refractivity (Wildman–Crippen MR) is 108 cm³/mol. The van der Waals surface area contributed by atoms with Crippen LogP contribution in [0.5, 0.6) is 0 Å². The van der Waals surface area contributed by atoms with Gasteiger partial charge in [0.25, 0.3) is 11.8 Å². The molecule has 2 heterocycles. The second-order valence-electron chi connectivity index (χ2n) is 6.79. The van der Waals surface area contributed by atoms with Gasteiger partial charge >= 0.3 is 0 Å². The monoisotopic (exact) mass is 382 g/mol.